The predicted octanol–water partition coefficient (Wildman–Crippen LogP) is 3.12. The number of carbonyl (C=O) groups excluding carboxylic acids is 2. The molecule has 1 aliphatic rings. The molecule has 0 aromatic heterocycles. The minimum absolute atomic E-state index is 0.0811. The van der Waals surface area contributed by atoms with Crippen LogP contribution < -0.4 is 5.32 Å². The van der Waals surface area contributed by atoms with Gasteiger partial charge in [0.2, 0.25) is 5.91 Å². The first-order valence-electron chi connectivity index (χ1n) is 8.47. The highest BCUT2D eigenvalue weighted by Gasteiger charge is 2.31. The van der Waals surface area contributed by atoms with Crippen molar-refractivity contribution in [3.05, 3.63) is 35.4 Å². The standard InChI is InChI=1S/C18H24F2N2O2/c1-3-6-12(2)21-17(23)13-7-5-10-22(11-13)18(24)16-14(19)8-4-9-15(16)20/h4,8-9,12-13H,3,5-7,10-11H2,1-2H3,(H,21,23)/t12-,13-/m1/s1. The highest BCUT2D eigenvalue weighted by molar-refractivity contribution is 5.95. The Kier molecular flexibility index (Phi) is 6.29. The van der Waals surface area contributed by atoms with Gasteiger partial charge in [-0.25, -0.2) is 8.78 Å². The lowest BCUT2D eigenvalue weighted by atomic mass is 9.96. The monoisotopic (exact) mass is 338 g/mol. The molecule has 132 valence electrons. The maximum Gasteiger partial charge on any atom is 0.259 e. The molecule has 0 unspecified atom stereocenters. The number of rotatable bonds is 5. The number of benzene rings is 1. The average Bonchev–Trinajstić information content (AvgIpc) is 2.54. The van der Waals surface area contributed by atoms with Gasteiger partial charge >= 0.3 is 0 Å². The Morgan fingerprint density at radius 2 is 2.00 bits per heavy atom. The lowest BCUT2D eigenvalue weighted by Crippen LogP contribution is -2.47. The molecule has 0 aliphatic carbocycles. The number of carbonyl (C=O) groups is 2. The van der Waals surface area contributed by atoms with Gasteiger partial charge in [-0.1, -0.05) is 19.4 Å². The van der Waals surface area contributed by atoms with Crippen molar-refractivity contribution in [2.75, 3.05) is 13.1 Å². The zero-order valence-electron chi connectivity index (χ0n) is 14.1. The molecular formula is C18H24F2N2O2. The third-order valence-electron chi connectivity index (χ3n) is 4.37. The summed E-state index contributed by atoms with van der Waals surface area (Å²) in [5.74, 6) is -2.87. The van der Waals surface area contributed by atoms with Gasteiger partial charge in [0.1, 0.15) is 17.2 Å². The Morgan fingerprint density at radius 1 is 1.33 bits per heavy atom. The van der Waals surface area contributed by atoms with E-state index in [9.17, 15) is 18.4 Å². The van der Waals surface area contributed by atoms with Gasteiger partial charge in [0, 0.05) is 19.1 Å². The summed E-state index contributed by atoms with van der Waals surface area (Å²) in [4.78, 5) is 26.1. The molecule has 0 saturated carbocycles. The summed E-state index contributed by atoms with van der Waals surface area (Å²) in [7, 11) is 0. The number of nitrogens with one attached hydrogen (secondary N) is 1. The molecule has 2 rings (SSSR count). The summed E-state index contributed by atoms with van der Waals surface area (Å²) >= 11 is 0. The van der Waals surface area contributed by atoms with Crippen LogP contribution in [0.2, 0.25) is 0 Å². The number of halogens is 2. The Hall–Kier alpha value is -1.98. The van der Waals surface area contributed by atoms with Crippen molar-refractivity contribution in [2.24, 2.45) is 5.92 Å². The van der Waals surface area contributed by atoms with E-state index in [2.05, 4.69) is 5.32 Å². The zero-order chi connectivity index (χ0) is 17.7. The van der Waals surface area contributed by atoms with E-state index in [1.807, 2.05) is 13.8 Å². The van der Waals surface area contributed by atoms with Crippen LogP contribution in [0.25, 0.3) is 0 Å². The van der Waals surface area contributed by atoms with E-state index in [0.29, 0.717) is 19.4 Å². The molecule has 6 heteroatoms. The first-order valence-corrected chi connectivity index (χ1v) is 8.47. The number of amides is 2. The molecule has 2 amide bonds. The smallest absolute Gasteiger partial charge is 0.259 e. The summed E-state index contributed by atoms with van der Waals surface area (Å²) in [6.07, 6.45) is 3.18. The predicted molar refractivity (Wildman–Crippen MR) is 87.5 cm³/mol. The number of hydrogen-bond donors (Lipinski definition) is 1. The summed E-state index contributed by atoms with van der Waals surface area (Å²) in [5, 5.41) is 2.95. The number of likely N-dealkylation sites (tertiary alicyclic amines) is 1. The van der Waals surface area contributed by atoms with Crippen molar-refractivity contribution in [2.45, 2.75) is 45.6 Å². The van der Waals surface area contributed by atoms with E-state index >= 15 is 0 Å². The lowest BCUT2D eigenvalue weighted by molar-refractivity contribution is -0.127. The molecule has 1 aliphatic heterocycles. The summed E-state index contributed by atoms with van der Waals surface area (Å²) in [6.45, 7) is 4.59. The molecule has 0 bridgehead atoms. The van der Waals surface area contributed by atoms with Crippen LogP contribution >= 0.6 is 0 Å². The summed E-state index contributed by atoms with van der Waals surface area (Å²) in [6, 6.07) is 3.44. The topological polar surface area (TPSA) is 49.4 Å². The Morgan fingerprint density at radius 3 is 2.62 bits per heavy atom. The number of hydrogen-bond acceptors (Lipinski definition) is 2. The molecule has 1 aromatic rings. The molecule has 1 saturated heterocycles. The molecule has 1 N–H and O–H groups in total. The first-order chi connectivity index (χ1) is 11.4. The van der Waals surface area contributed by atoms with E-state index in [1.165, 1.54) is 11.0 Å². The third-order valence-corrected chi connectivity index (χ3v) is 4.37. The van der Waals surface area contributed by atoms with Crippen LogP contribution in [0.4, 0.5) is 8.78 Å². The van der Waals surface area contributed by atoms with Crippen LogP contribution in [0.5, 0.6) is 0 Å². The molecular weight excluding hydrogens is 314 g/mol. The normalized spacial score (nSPS) is 19.0. The minimum Gasteiger partial charge on any atom is -0.353 e. The van der Waals surface area contributed by atoms with Crippen molar-refractivity contribution in [3.63, 3.8) is 0 Å². The van der Waals surface area contributed by atoms with Gasteiger partial charge in [-0.2, -0.15) is 0 Å². The molecule has 2 atom stereocenters. The first kappa shape index (κ1) is 18.4. The number of nitrogens with zero attached hydrogens (tertiary/aromatic N) is 1. The maximum atomic E-state index is 13.8. The van der Waals surface area contributed by atoms with Crippen LogP contribution in [-0.4, -0.2) is 35.8 Å². The highest BCUT2D eigenvalue weighted by atomic mass is 19.1. The molecule has 1 heterocycles. The minimum atomic E-state index is -0.872. The third kappa shape index (κ3) is 4.30. The van der Waals surface area contributed by atoms with Crippen molar-refractivity contribution in [1.82, 2.24) is 10.2 Å². The molecule has 1 fully saturated rings. The molecule has 0 spiro atoms. The largest absolute Gasteiger partial charge is 0.353 e. The van der Waals surface area contributed by atoms with Crippen molar-refractivity contribution < 1.29 is 18.4 Å². The van der Waals surface area contributed by atoms with E-state index < -0.39 is 23.1 Å². The maximum absolute atomic E-state index is 13.8. The van der Waals surface area contributed by atoms with Crippen molar-refractivity contribution in [1.29, 1.82) is 0 Å². The zero-order valence-corrected chi connectivity index (χ0v) is 14.1. The Balaban J connectivity index is 2.05. The van der Waals surface area contributed by atoms with E-state index in [0.717, 1.165) is 25.0 Å². The fourth-order valence-electron chi connectivity index (χ4n) is 3.10. The second-order valence-corrected chi connectivity index (χ2v) is 6.39. The van der Waals surface area contributed by atoms with Crippen LogP contribution in [0.15, 0.2) is 18.2 Å². The second-order valence-electron chi connectivity index (χ2n) is 6.39. The van der Waals surface area contributed by atoms with Gasteiger partial charge in [-0.05, 0) is 38.3 Å². The van der Waals surface area contributed by atoms with Gasteiger partial charge < -0.3 is 10.2 Å². The van der Waals surface area contributed by atoms with Crippen LogP contribution in [0.3, 0.4) is 0 Å². The fourth-order valence-corrected chi connectivity index (χ4v) is 3.10. The summed E-state index contributed by atoms with van der Waals surface area (Å²) < 4.78 is 27.6. The molecule has 1 aromatic carbocycles. The Labute approximate surface area is 141 Å². The second kappa shape index (κ2) is 8.22. The quantitative estimate of drug-likeness (QED) is 0.897. The molecule has 4 nitrogen and oxygen atoms in total. The van der Waals surface area contributed by atoms with E-state index in [1.54, 1.807) is 0 Å². The Bertz CT molecular complexity index is 586. The van der Waals surface area contributed by atoms with E-state index in [-0.39, 0.29) is 24.4 Å². The average molecular weight is 338 g/mol. The van der Waals surface area contributed by atoms with Gasteiger partial charge in [0.25, 0.3) is 5.91 Å². The SMILES string of the molecule is CCC[C@@H](C)NC(=O)[C@@H]1CCCN(C(=O)c2c(F)cccc2F)C1. The van der Waals surface area contributed by atoms with E-state index in [4.69, 9.17) is 0 Å². The summed E-state index contributed by atoms with van der Waals surface area (Å²) in [5.41, 5.74) is -0.544. The fraction of sp³-hybridized carbons (Fsp3) is 0.556. The van der Waals surface area contributed by atoms with Gasteiger partial charge in [-0.3, -0.25) is 9.59 Å². The van der Waals surface area contributed by atoms with Gasteiger partial charge in [0.15, 0.2) is 0 Å². The highest BCUT2D eigenvalue weighted by Crippen LogP contribution is 2.21. The molecule has 0 radical (unpaired) electrons. The number of piperidine rings is 1. The van der Waals surface area contributed by atoms with Crippen LogP contribution in [0.1, 0.15) is 49.9 Å². The van der Waals surface area contributed by atoms with Crippen LogP contribution in [0, 0.1) is 17.6 Å². The lowest BCUT2D eigenvalue weighted by Gasteiger charge is -2.32. The van der Waals surface area contributed by atoms with Crippen molar-refractivity contribution >= 4 is 11.8 Å². The van der Waals surface area contributed by atoms with Crippen LogP contribution in [-0.2, 0) is 4.79 Å². The van der Waals surface area contributed by atoms with Crippen molar-refractivity contribution in [3.8, 4) is 0 Å². The molecule has 24 heavy (non-hydrogen) atoms. The van der Waals surface area contributed by atoms with Gasteiger partial charge in [0.05, 0.1) is 5.92 Å². The van der Waals surface area contributed by atoms with Gasteiger partial charge in [-0.15, -0.1) is 0 Å².